The molecule has 78 valence electrons. The van der Waals surface area contributed by atoms with Crippen LogP contribution in [-0.4, -0.2) is 13.6 Å². The second-order valence-electron chi connectivity index (χ2n) is 3.03. The number of benzene rings is 1. The molecule has 0 radical (unpaired) electrons. The molecule has 1 aromatic rings. The van der Waals surface area contributed by atoms with Crippen molar-refractivity contribution in [1.29, 1.82) is 0 Å². The van der Waals surface area contributed by atoms with E-state index in [0.717, 1.165) is 12.1 Å². The zero-order valence-corrected chi connectivity index (χ0v) is 12.2. The summed E-state index contributed by atoms with van der Waals surface area (Å²) in [6.45, 7) is -1.05. The van der Waals surface area contributed by atoms with Gasteiger partial charge in [-0.05, 0) is 25.5 Å². The minimum Gasteiger partial charge on any atom is -0.494 e. The van der Waals surface area contributed by atoms with Crippen LogP contribution in [0.4, 0.5) is 12.9 Å². The van der Waals surface area contributed by atoms with Crippen molar-refractivity contribution < 1.29 is 69.1 Å². The van der Waals surface area contributed by atoms with E-state index in [-0.39, 0.29) is 51.4 Å². The van der Waals surface area contributed by atoms with Crippen LogP contribution < -0.4 is 61.6 Å². The van der Waals surface area contributed by atoms with E-state index in [2.05, 4.69) is 0 Å². The Labute approximate surface area is 130 Å². The quantitative estimate of drug-likeness (QED) is 0.646. The van der Waals surface area contributed by atoms with Crippen molar-refractivity contribution in [3.8, 4) is 5.75 Å². The van der Waals surface area contributed by atoms with Crippen LogP contribution in [0.15, 0.2) is 18.2 Å². The molecule has 0 saturated carbocycles. The molecule has 0 spiro atoms. The summed E-state index contributed by atoms with van der Waals surface area (Å²) in [7, 11) is 0. The van der Waals surface area contributed by atoms with Crippen molar-refractivity contribution in [1.82, 2.24) is 0 Å². The first-order valence-corrected chi connectivity index (χ1v) is 4.38. The molecule has 0 bridgehead atoms. The van der Waals surface area contributed by atoms with Gasteiger partial charge >= 0.3 is 58.4 Å². The monoisotopic (exact) mass is 242 g/mol. The van der Waals surface area contributed by atoms with Crippen LogP contribution in [-0.2, 0) is 0 Å². The van der Waals surface area contributed by atoms with Crippen LogP contribution in [0.5, 0.6) is 5.75 Å². The molecule has 0 aliphatic carbocycles. The van der Waals surface area contributed by atoms with E-state index in [0.29, 0.717) is 17.9 Å². The van der Waals surface area contributed by atoms with Crippen molar-refractivity contribution >= 4 is 12.4 Å². The first-order chi connectivity index (χ1) is 6.45. The van der Waals surface area contributed by atoms with Crippen LogP contribution in [0, 0.1) is 6.92 Å². The van der Waals surface area contributed by atoms with E-state index in [1.807, 2.05) is 0 Å². The Bertz CT molecular complexity index is 328. The van der Waals surface area contributed by atoms with Gasteiger partial charge in [0.25, 0.3) is 0 Å². The molecule has 0 aliphatic rings. The molecule has 1 aromatic carbocycles. The first kappa shape index (κ1) is 15.5. The maximum absolute atomic E-state index is 12.3. The SMILES string of the molecule is CCOc1ccc([B-](F)(F)F)cc1C.[K+]. The maximum atomic E-state index is 12.3. The molecule has 6 heteroatoms. The van der Waals surface area contributed by atoms with E-state index in [9.17, 15) is 12.9 Å². The third-order valence-corrected chi connectivity index (χ3v) is 1.88. The van der Waals surface area contributed by atoms with Crippen LogP contribution in [0.2, 0.25) is 0 Å². The van der Waals surface area contributed by atoms with Gasteiger partial charge in [-0.1, -0.05) is 12.1 Å². The Morgan fingerprint density at radius 3 is 2.27 bits per heavy atom. The van der Waals surface area contributed by atoms with Crippen LogP contribution in [0.1, 0.15) is 12.5 Å². The smallest absolute Gasteiger partial charge is 0.494 e. The standard InChI is InChI=1S/C9H11BF3O.K/c1-3-14-9-5-4-8(6-7(9)2)10(11,12)13;/h4-6H,3H2,1-2H3;/q-1;+1. The van der Waals surface area contributed by atoms with E-state index < -0.39 is 12.4 Å². The molecule has 0 aliphatic heterocycles. The Kier molecular flexibility index (Phi) is 6.51. The van der Waals surface area contributed by atoms with Gasteiger partial charge in [0.05, 0.1) is 6.61 Å². The Morgan fingerprint density at radius 1 is 1.27 bits per heavy atom. The third kappa shape index (κ3) is 4.48. The summed E-state index contributed by atoms with van der Waals surface area (Å²) in [6.07, 6.45) is 0. The molecule has 1 rings (SSSR count). The molecular weight excluding hydrogens is 231 g/mol. The molecule has 0 aromatic heterocycles. The number of hydrogen-bond acceptors (Lipinski definition) is 1. The second kappa shape index (κ2) is 6.30. The second-order valence-corrected chi connectivity index (χ2v) is 3.03. The van der Waals surface area contributed by atoms with E-state index in [1.54, 1.807) is 13.8 Å². The van der Waals surface area contributed by atoms with Crippen molar-refractivity contribution in [2.24, 2.45) is 0 Å². The molecule has 0 fully saturated rings. The van der Waals surface area contributed by atoms with Crippen molar-refractivity contribution in [2.45, 2.75) is 13.8 Å². The Morgan fingerprint density at radius 2 is 1.87 bits per heavy atom. The summed E-state index contributed by atoms with van der Waals surface area (Å²) in [6, 6.07) is 3.53. The van der Waals surface area contributed by atoms with Gasteiger partial charge in [0, 0.05) is 0 Å². The van der Waals surface area contributed by atoms with Gasteiger partial charge in [0.2, 0.25) is 0 Å². The number of hydrogen-bond donors (Lipinski definition) is 0. The van der Waals surface area contributed by atoms with Crippen molar-refractivity contribution in [3.63, 3.8) is 0 Å². The normalized spacial score (nSPS) is 10.7. The topological polar surface area (TPSA) is 9.23 Å². The van der Waals surface area contributed by atoms with Crippen molar-refractivity contribution in [3.05, 3.63) is 23.8 Å². The summed E-state index contributed by atoms with van der Waals surface area (Å²) in [5, 5.41) is 0. The largest absolute Gasteiger partial charge is 1.00 e. The van der Waals surface area contributed by atoms with Crippen LogP contribution in [0.25, 0.3) is 0 Å². The van der Waals surface area contributed by atoms with E-state index in [4.69, 9.17) is 4.74 Å². The van der Waals surface area contributed by atoms with Gasteiger partial charge in [-0.3, -0.25) is 0 Å². The van der Waals surface area contributed by atoms with Gasteiger partial charge < -0.3 is 17.7 Å². The average molecular weight is 242 g/mol. The Balaban J connectivity index is 0.00000196. The molecule has 0 heterocycles. The van der Waals surface area contributed by atoms with Gasteiger partial charge in [0.1, 0.15) is 5.75 Å². The molecule has 15 heavy (non-hydrogen) atoms. The number of rotatable bonds is 3. The number of halogens is 3. The third-order valence-electron chi connectivity index (χ3n) is 1.88. The summed E-state index contributed by atoms with van der Waals surface area (Å²) in [5.41, 5.74) is -0.0606. The van der Waals surface area contributed by atoms with Gasteiger partial charge in [-0.2, -0.15) is 0 Å². The van der Waals surface area contributed by atoms with Gasteiger partial charge in [-0.15, -0.1) is 5.46 Å². The summed E-state index contributed by atoms with van der Waals surface area (Å²) >= 11 is 0. The predicted octanol–water partition coefficient (Wildman–Crippen LogP) is -0.548. The first-order valence-electron chi connectivity index (χ1n) is 4.38. The van der Waals surface area contributed by atoms with Gasteiger partial charge in [-0.25, -0.2) is 0 Å². The molecular formula is C9H11BF3KO. The summed E-state index contributed by atoms with van der Waals surface area (Å²) in [5.74, 6) is 0.510. The number of ether oxygens (including phenoxy) is 1. The molecule has 1 nitrogen and oxygen atoms in total. The molecule has 0 unspecified atom stereocenters. The van der Waals surface area contributed by atoms with Crippen LogP contribution in [0.3, 0.4) is 0 Å². The van der Waals surface area contributed by atoms with Crippen LogP contribution >= 0.6 is 0 Å². The summed E-state index contributed by atoms with van der Waals surface area (Å²) in [4.78, 5) is 0. The minimum absolute atomic E-state index is 0. The number of aryl methyl sites for hydroxylation is 1. The summed E-state index contributed by atoms with van der Waals surface area (Å²) < 4.78 is 42.1. The fraction of sp³-hybridized carbons (Fsp3) is 0.333. The molecule has 0 saturated heterocycles. The van der Waals surface area contributed by atoms with Gasteiger partial charge in [0.15, 0.2) is 0 Å². The zero-order chi connectivity index (χ0) is 10.8. The molecule has 0 amide bonds. The van der Waals surface area contributed by atoms with E-state index in [1.165, 1.54) is 6.07 Å². The molecule has 0 N–H and O–H groups in total. The average Bonchev–Trinajstić information content (AvgIpc) is 2.07. The predicted molar refractivity (Wildman–Crippen MR) is 51.1 cm³/mol. The Hall–Kier alpha value is 0.511. The molecule has 0 atom stereocenters. The zero-order valence-electron chi connectivity index (χ0n) is 9.06. The minimum atomic E-state index is -4.90. The fourth-order valence-electron chi connectivity index (χ4n) is 1.19. The maximum Gasteiger partial charge on any atom is 1.00 e. The van der Waals surface area contributed by atoms with E-state index >= 15 is 0 Å². The van der Waals surface area contributed by atoms with Crippen molar-refractivity contribution in [2.75, 3.05) is 6.61 Å². The fourth-order valence-corrected chi connectivity index (χ4v) is 1.19.